The molecule has 0 saturated heterocycles. The van der Waals surface area contributed by atoms with Gasteiger partial charge in [0, 0.05) is 29.7 Å². The fraction of sp³-hybridized carbons (Fsp3) is 0.409. The van der Waals surface area contributed by atoms with Crippen molar-refractivity contribution in [1.82, 2.24) is 0 Å². The lowest BCUT2D eigenvalue weighted by molar-refractivity contribution is -0.385. The first-order valence-corrected chi connectivity index (χ1v) is 9.62. The molecular weight excluding hydrogens is 340 g/mol. The van der Waals surface area contributed by atoms with Crippen molar-refractivity contribution >= 4 is 17.2 Å². The Labute approximate surface area is 159 Å². The largest absolute Gasteiger partial charge is 0.377 e. The summed E-state index contributed by atoms with van der Waals surface area (Å²) in [5.74, 6) is 0.173. The van der Waals surface area contributed by atoms with Crippen LogP contribution in [-0.2, 0) is 11.2 Å². The highest BCUT2D eigenvalue weighted by atomic mass is 16.6. The number of nitro groups is 1. The minimum absolute atomic E-state index is 0.0926. The van der Waals surface area contributed by atoms with Gasteiger partial charge in [0.1, 0.15) is 5.78 Å². The SMILES string of the molecule is CCc1ccc(C(Nc2ccc(C)c([N+](=O)[O-])c2)C2CCCCC2=O)cc1. The third-order valence-electron chi connectivity index (χ3n) is 5.48. The lowest BCUT2D eigenvalue weighted by atomic mass is 9.80. The fourth-order valence-electron chi connectivity index (χ4n) is 3.81. The highest BCUT2D eigenvalue weighted by Gasteiger charge is 2.31. The summed E-state index contributed by atoms with van der Waals surface area (Å²) >= 11 is 0. The van der Waals surface area contributed by atoms with Crippen LogP contribution in [0.5, 0.6) is 0 Å². The Balaban J connectivity index is 1.95. The smallest absolute Gasteiger partial charge is 0.274 e. The van der Waals surface area contributed by atoms with Gasteiger partial charge in [0.2, 0.25) is 0 Å². The van der Waals surface area contributed by atoms with Crippen LogP contribution >= 0.6 is 0 Å². The van der Waals surface area contributed by atoms with Crippen LogP contribution < -0.4 is 5.32 Å². The van der Waals surface area contributed by atoms with Gasteiger partial charge >= 0.3 is 0 Å². The number of anilines is 1. The van der Waals surface area contributed by atoms with Crippen LogP contribution in [0.15, 0.2) is 42.5 Å². The van der Waals surface area contributed by atoms with E-state index in [1.807, 2.05) is 6.07 Å². The Hall–Kier alpha value is -2.69. The number of nitro benzene ring substituents is 1. The van der Waals surface area contributed by atoms with E-state index in [1.165, 1.54) is 5.56 Å². The average molecular weight is 366 g/mol. The Morgan fingerprint density at radius 2 is 1.93 bits per heavy atom. The molecule has 0 aromatic heterocycles. The number of carbonyl (C=O) groups is 1. The second kappa shape index (κ2) is 8.33. The molecule has 27 heavy (non-hydrogen) atoms. The second-order valence-electron chi connectivity index (χ2n) is 7.29. The number of Topliss-reactive ketones (excluding diaryl/α,β-unsaturated/α-hetero) is 1. The molecule has 2 aromatic carbocycles. The Morgan fingerprint density at radius 1 is 1.19 bits per heavy atom. The van der Waals surface area contributed by atoms with Crippen LogP contribution in [0.1, 0.15) is 55.3 Å². The first-order chi connectivity index (χ1) is 13.0. The molecular formula is C22H26N2O3. The van der Waals surface area contributed by atoms with Gasteiger partial charge in [-0.25, -0.2) is 0 Å². The summed E-state index contributed by atoms with van der Waals surface area (Å²) in [6.07, 6.45) is 4.41. The van der Waals surface area contributed by atoms with Crippen LogP contribution in [0.3, 0.4) is 0 Å². The van der Waals surface area contributed by atoms with Crippen molar-refractivity contribution in [2.75, 3.05) is 5.32 Å². The maximum atomic E-state index is 12.6. The molecule has 0 bridgehead atoms. The van der Waals surface area contributed by atoms with Gasteiger partial charge in [-0.15, -0.1) is 0 Å². The molecule has 1 aliphatic rings. The molecule has 5 heteroatoms. The van der Waals surface area contributed by atoms with Crippen LogP contribution in [0.2, 0.25) is 0 Å². The van der Waals surface area contributed by atoms with Gasteiger partial charge in [0.15, 0.2) is 0 Å². The molecule has 2 unspecified atom stereocenters. The third kappa shape index (κ3) is 4.35. The molecule has 1 N–H and O–H groups in total. The van der Waals surface area contributed by atoms with Gasteiger partial charge in [-0.05, 0) is 43.4 Å². The normalized spacial score (nSPS) is 18.1. The first kappa shape index (κ1) is 19.1. The number of carbonyl (C=O) groups excluding carboxylic acids is 1. The predicted octanol–water partition coefficient (Wildman–Crippen LogP) is 5.38. The van der Waals surface area contributed by atoms with E-state index >= 15 is 0 Å². The van der Waals surface area contributed by atoms with Crippen molar-refractivity contribution in [2.45, 2.75) is 52.0 Å². The van der Waals surface area contributed by atoms with E-state index in [-0.39, 0.29) is 28.4 Å². The van der Waals surface area contributed by atoms with Gasteiger partial charge in [0.25, 0.3) is 5.69 Å². The van der Waals surface area contributed by atoms with Crippen molar-refractivity contribution in [3.8, 4) is 0 Å². The van der Waals surface area contributed by atoms with Crippen molar-refractivity contribution in [3.05, 3.63) is 69.3 Å². The summed E-state index contributed by atoms with van der Waals surface area (Å²) in [5, 5.41) is 14.7. The Bertz CT molecular complexity index is 830. The summed E-state index contributed by atoms with van der Waals surface area (Å²) in [6, 6.07) is 13.3. The van der Waals surface area contributed by atoms with Crippen molar-refractivity contribution in [1.29, 1.82) is 0 Å². The topological polar surface area (TPSA) is 72.2 Å². The Kier molecular flexibility index (Phi) is 5.89. The zero-order chi connectivity index (χ0) is 19.4. The van der Waals surface area contributed by atoms with E-state index in [9.17, 15) is 14.9 Å². The Morgan fingerprint density at radius 3 is 2.56 bits per heavy atom. The molecule has 1 fully saturated rings. The van der Waals surface area contributed by atoms with Gasteiger partial charge in [-0.2, -0.15) is 0 Å². The van der Waals surface area contributed by atoms with E-state index in [0.29, 0.717) is 17.7 Å². The minimum Gasteiger partial charge on any atom is -0.377 e. The summed E-state index contributed by atoms with van der Waals surface area (Å²) < 4.78 is 0. The monoisotopic (exact) mass is 366 g/mol. The van der Waals surface area contributed by atoms with Gasteiger partial charge < -0.3 is 5.32 Å². The number of hydrogen-bond donors (Lipinski definition) is 1. The average Bonchev–Trinajstić information content (AvgIpc) is 2.68. The van der Waals surface area contributed by atoms with Crippen molar-refractivity contribution in [3.63, 3.8) is 0 Å². The number of benzene rings is 2. The van der Waals surface area contributed by atoms with Crippen molar-refractivity contribution in [2.24, 2.45) is 5.92 Å². The number of aryl methyl sites for hydroxylation is 2. The van der Waals surface area contributed by atoms with Gasteiger partial charge in [-0.3, -0.25) is 14.9 Å². The zero-order valence-electron chi connectivity index (χ0n) is 15.9. The molecule has 2 aromatic rings. The molecule has 5 nitrogen and oxygen atoms in total. The van der Waals surface area contributed by atoms with E-state index < -0.39 is 0 Å². The highest BCUT2D eigenvalue weighted by Crippen LogP contribution is 2.36. The third-order valence-corrected chi connectivity index (χ3v) is 5.48. The van der Waals surface area contributed by atoms with Crippen LogP contribution in [0, 0.1) is 23.0 Å². The number of ketones is 1. The lowest BCUT2D eigenvalue weighted by Crippen LogP contribution is -2.30. The second-order valence-corrected chi connectivity index (χ2v) is 7.29. The van der Waals surface area contributed by atoms with E-state index in [4.69, 9.17) is 0 Å². The van der Waals surface area contributed by atoms with E-state index in [0.717, 1.165) is 31.2 Å². The number of nitrogens with one attached hydrogen (secondary N) is 1. The molecule has 0 amide bonds. The van der Waals surface area contributed by atoms with Gasteiger partial charge in [-0.1, -0.05) is 43.7 Å². The van der Waals surface area contributed by atoms with Crippen LogP contribution in [0.4, 0.5) is 11.4 Å². The summed E-state index contributed by atoms with van der Waals surface area (Å²) in [7, 11) is 0. The van der Waals surface area contributed by atoms with Crippen LogP contribution in [-0.4, -0.2) is 10.7 Å². The number of hydrogen-bond acceptors (Lipinski definition) is 4. The molecule has 2 atom stereocenters. The van der Waals surface area contributed by atoms with E-state index in [2.05, 4.69) is 36.5 Å². The highest BCUT2D eigenvalue weighted by molar-refractivity contribution is 5.83. The summed E-state index contributed by atoms with van der Waals surface area (Å²) in [6.45, 7) is 3.84. The summed E-state index contributed by atoms with van der Waals surface area (Å²) in [5.41, 5.74) is 3.70. The van der Waals surface area contributed by atoms with Crippen LogP contribution in [0.25, 0.3) is 0 Å². The standard InChI is InChI=1S/C22H26N2O3/c1-3-16-9-11-17(12-10-16)22(19-6-4-5-7-21(19)25)23-18-13-8-15(2)20(14-18)24(26)27/h8-14,19,22-23H,3-7H2,1-2H3. The first-order valence-electron chi connectivity index (χ1n) is 9.62. The van der Waals surface area contributed by atoms with E-state index in [1.54, 1.807) is 19.1 Å². The quantitative estimate of drug-likeness (QED) is 0.550. The molecule has 0 radical (unpaired) electrons. The van der Waals surface area contributed by atoms with Gasteiger partial charge in [0.05, 0.1) is 11.0 Å². The molecule has 1 aliphatic carbocycles. The summed E-state index contributed by atoms with van der Waals surface area (Å²) in [4.78, 5) is 23.5. The maximum absolute atomic E-state index is 12.6. The zero-order valence-corrected chi connectivity index (χ0v) is 15.9. The minimum atomic E-state index is -0.364. The number of rotatable bonds is 6. The fourth-order valence-corrected chi connectivity index (χ4v) is 3.81. The molecule has 0 spiro atoms. The lowest BCUT2D eigenvalue weighted by Gasteiger charge is -2.31. The van der Waals surface area contributed by atoms with Crippen molar-refractivity contribution < 1.29 is 9.72 Å². The number of nitrogens with zero attached hydrogens (tertiary/aromatic N) is 1. The maximum Gasteiger partial charge on any atom is 0.274 e. The molecule has 0 heterocycles. The molecule has 3 rings (SSSR count). The molecule has 0 aliphatic heterocycles. The molecule has 142 valence electrons. The molecule has 1 saturated carbocycles. The predicted molar refractivity (Wildman–Crippen MR) is 107 cm³/mol.